The molecule has 0 bridgehead atoms. The van der Waals surface area contributed by atoms with Crippen LogP contribution in [-0.4, -0.2) is 68.3 Å². The molecule has 1 aliphatic heterocycles. The highest BCUT2D eigenvalue weighted by atomic mass is 19.1. The second-order valence-electron chi connectivity index (χ2n) is 10.8. The molecular weight excluding hydrogens is 493 g/mol. The minimum Gasteiger partial charge on any atom is -0.495 e. The molecule has 3 N–H and O–H groups in total. The number of primary amides is 1. The van der Waals surface area contributed by atoms with Crippen LogP contribution < -0.4 is 15.8 Å². The van der Waals surface area contributed by atoms with Gasteiger partial charge in [-0.3, -0.25) is 4.79 Å². The summed E-state index contributed by atoms with van der Waals surface area (Å²) >= 11 is 0. The van der Waals surface area contributed by atoms with Gasteiger partial charge in [0, 0.05) is 31.1 Å². The van der Waals surface area contributed by atoms with Crippen LogP contribution in [0.25, 0.3) is 17.0 Å². The van der Waals surface area contributed by atoms with E-state index in [1.165, 1.54) is 16.6 Å². The predicted molar refractivity (Wildman–Crippen MR) is 138 cm³/mol. The Labute approximate surface area is 219 Å². The molecule has 38 heavy (non-hydrogen) atoms. The summed E-state index contributed by atoms with van der Waals surface area (Å²) in [4.78, 5) is 35.4. The lowest BCUT2D eigenvalue weighted by Gasteiger charge is -2.34. The van der Waals surface area contributed by atoms with Crippen molar-refractivity contribution in [3.05, 3.63) is 35.4 Å². The number of hydrogen-bond acceptors (Lipinski definition) is 8. The van der Waals surface area contributed by atoms with Crippen LogP contribution in [0.2, 0.25) is 0 Å². The molecule has 2 aliphatic rings. The number of likely N-dealkylation sites (tertiary alicyclic amines) is 1. The average Bonchev–Trinajstić information content (AvgIpc) is 3.64. The van der Waals surface area contributed by atoms with Crippen LogP contribution in [0.5, 0.6) is 5.75 Å². The maximum Gasteiger partial charge on any atom is 0.410 e. The smallest absolute Gasteiger partial charge is 0.410 e. The van der Waals surface area contributed by atoms with Crippen LogP contribution in [0, 0.1) is 5.82 Å². The van der Waals surface area contributed by atoms with Gasteiger partial charge in [-0.25, -0.2) is 23.7 Å². The Balaban J connectivity index is 1.47. The summed E-state index contributed by atoms with van der Waals surface area (Å²) in [5.74, 6) is -0.461. The van der Waals surface area contributed by atoms with Gasteiger partial charge in [0.2, 0.25) is 0 Å². The molecule has 11 nitrogen and oxygen atoms in total. The molecule has 1 aliphatic carbocycles. The van der Waals surface area contributed by atoms with Gasteiger partial charge in [0.15, 0.2) is 23.0 Å². The van der Waals surface area contributed by atoms with Gasteiger partial charge in [-0.2, -0.15) is 5.10 Å². The van der Waals surface area contributed by atoms with Crippen LogP contribution in [0.1, 0.15) is 68.6 Å². The number of halogens is 1. The first-order valence-corrected chi connectivity index (χ1v) is 12.7. The molecule has 2 amide bonds. The zero-order chi connectivity index (χ0) is 27.2. The summed E-state index contributed by atoms with van der Waals surface area (Å²) in [6.45, 7) is 6.34. The molecular formula is C26H32FN7O4. The van der Waals surface area contributed by atoms with Gasteiger partial charge in [-0.05, 0) is 58.6 Å². The minimum absolute atomic E-state index is 0.000151. The third-order valence-corrected chi connectivity index (χ3v) is 6.52. The number of piperidine rings is 1. The molecule has 0 radical (unpaired) electrons. The van der Waals surface area contributed by atoms with Crippen molar-refractivity contribution in [2.75, 3.05) is 25.5 Å². The molecule has 202 valence electrons. The quantitative estimate of drug-likeness (QED) is 0.497. The Hall–Kier alpha value is -3.96. The van der Waals surface area contributed by atoms with Crippen LogP contribution in [0.4, 0.5) is 15.0 Å². The van der Waals surface area contributed by atoms with Crippen molar-refractivity contribution < 1.29 is 23.5 Å². The highest BCUT2D eigenvalue weighted by Gasteiger charge is 2.32. The number of fused-ring (bicyclic) bond motifs is 1. The van der Waals surface area contributed by atoms with E-state index in [9.17, 15) is 14.0 Å². The van der Waals surface area contributed by atoms with Gasteiger partial charge in [0.05, 0.1) is 12.8 Å². The number of carbonyl (C=O) groups is 2. The SMILES string of the molecule is COc1cc2nc(C(N)=O)c(-c3ccc(F)c(NC4CCCN(C(=O)OC(C)(C)C)C4)n3)n2nc1C1CC1. The Morgan fingerprint density at radius 2 is 1.95 bits per heavy atom. The third kappa shape index (κ3) is 5.20. The molecule has 3 aromatic heterocycles. The fraction of sp³-hybridized carbons (Fsp3) is 0.500. The summed E-state index contributed by atoms with van der Waals surface area (Å²) in [5.41, 5.74) is 6.73. The number of hydrogen-bond donors (Lipinski definition) is 2. The number of methoxy groups -OCH3 is 1. The first-order valence-electron chi connectivity index (χ1n) is 12.7. The Morgan fingerprint density at radius 3 is 2.61 bits per heavy atom. The van der Waals surface area contributed by atoms with Crippen LogP contribution in [0.3, 0.4) is 0 Å². The Kier molecular flexibility index (Phi) is 6.58. The van der Waals surface area contributed by atoms with Gasteiger partial charge in [-0.1, -0.05) is 0 Å². The van der Waals surface area contributed by atoms with E-state index >= 15 is 0 Å². The number of pyridine rings is 1. The number of anilines is 1. The number of amides is 2. The third-order valence-electron chi connectivity index (χ3n) is 6.52. The normalized spacial score (nSPS) is 17.9. The fourth-order valence-corrected chi connectivity index (χ4v) is 4.63. The van der Waals surface area contributed by atoms with Crippen molar-refractivity contribution in [1.29, 1.82) is 0 Å². The molecule has 5 rings (SSSR count). The van der Waals surface area contributed by atoms with E-state index in [4.69, 9.17) is 20.3 Å². The van der Waals surface area contributed by atoms with E-state index in [0.29, 0.717) is 24.5 Å². The standard InChI is InChI=1S/C26H32FN7O4/c1-26(2,3)38-25(36)33-11-5-6-15(13-33)29-24-16(27)9-10-17(30-24)22-21(23(28)35)31-19-12-18(37-4)20(14-7-8-14)32-34(19)22/h9-10,12,14-15H,5-8,11,13H2,1-4H3,(H2,28,35)(H,29,30). The zero-order valence-electron chi connectivity index (χ0n) is 22.0. The summed E-state index contributed by atoms with van der Waals surface area (Å²) in [6.07, 6.45) is 3.03. The topological polar surface area (TPSA) is 137 Å². The van der Waals surface area contributed by atoms with Gasteiger partial charge >= 0.3 is 6.09 Å². The second-order valence-corrected chi connectivity index (χ2v) is 10.8. The van der Waals surface area contributed by atoms with E-state index in [1.54, 1.807) is 18.1 Å². The molecule has 1 atom stereocenters. The number of nitrogens with zero attached hydrogens (tertiary/aromatic N) is 5. The molecule has 3 aromatic rings. The number of carbonyl (C=O) groups excluding carboxylic acids is 2. The van der Waals surface area contributed by atoms with Crippen molar-refractivity contribution in [2.45, 2.75) is 64.0 Å². The van der Waals surface area contributed by atoms with Crippen molar-refractivity contribution in [3.8, 4) is 17.1 Å². The number of nitrogens with one attached hydrogen (secondary N) is 1. The molecule has 4 heterocycles. The highest BCUT2D eigenvalue weighted by Crippen LogP contribution is 2.43. The number of imidazole rings is 1. The first kappa shape index (κ1) is 25.7. The van der Waals surface area contributed by atoms with Crippen LogP contribution >= 0.6 is 0 Å². The Bertz CT molecular complexity index is 1400. The number of aromatic nitrogens is 4. The highest BCUT2D eigenvalue weighted by molar-refractivity contribution is 5.98. The lowest BCUT2D eigenvalue weighted by molar-refractivity contribution is 0.0206. The summed E-state index contributed by atoms with van der Waals surface area (Å²) in [6, 6.07) is 4.21. The minimum atomic E-state index is -0.752. The van der Waals surface area contributed by atoms with E-state index in [-0.39, 0.29) is 34.9 Å². The molecule has 1 saturated heterocycles. The monoisotopic (exact) mass is 525 g/mol. The van der Waals surface area contributed by atoms with E-state index in [1.807, 2.05) is 20.8 Å². The lowest BCUT2D eigenvalue weighted by Crippen LogP contribution is -2.47. The summed E-state index contributed by atoms with van der Waals surface area (Å²) < 4.78 is 27.4. The number of nitrogens with two attached hydrogens (primary N) is 1. The molecule has 12 heteroatoms. The largest absolute Gasteiger partial charge is 0.495 e. The first-order chi connectivity index (χ1) is 18.0. The van der Waals surface area contributed by atoms with Gasteiger partial charge < -0.3 is 25.4 Å². The van der Waals surface area contributed by atoms with Crippen molar-refractivity contribution in [3.63, 3.8) is 0 Å². The van der Waals surface area contributed by atoms with E-state index in [2.05, 4.69) is 15.3 Å². The molecule has 1 unspecified atom stereocenters. The zero-order valence-corrected chi connectivity index (χ0v) is 22.0. The summed E-state index contributed by atoms with van der Waals surface area (Å²) in [7, 11) is 1.56. The van der Waals surface area contributed by atoms with Gasteiger partial charge in [-0.15, -0.1) is 0 Å². The predicted octanol–water partition coefficient (Wildman–Crippen LogP) is 3.73. The Morgan fingerprint density at radius 1 is 1.18 bits per heavy atom. The van der Waals surface area contributed by atoms with E-state index < -0.39 is 23.4 Å². The maximum atomic E-state index is 14.9. The molecule has 0 spiro atoms. The molecule has 0 aromatic carbocycles. The van der Waals surface area contributed by atoms with Crippen molar-refractivity contribution in [1.82, 2.24) is 24.5 Å². The number of ether oxygens (including phenoxy) is 2. The maximum absolute atomic E-state index is 14.9. The summed E-state index contributed by atoms with van der Waals surface area (Å²) in [5, 5.41) is 7.85. The van der Waals surface area contributed by atoms with E-state index in [0.717, 1.165) is 31.4 Å². The van der Waals surface area contributed by atoms with Crippen LogP contribution in [-0.2, 0) is 4.74 Å². The molecule has 2 fully saturated rings. The van der Waals surface area contributed by atoms with Crippen LogP contribution in [0.15, 0.2) is 18.2 Å². The lowest BCUT2D eigenvalue weighted by atomic mass is 10.1. The van der Waals surface area contributed by atoms with Gasteiger partial charge in [0.1, 0.15) is 22.7 Å². The van der Waals surface area contributed by atoms with Crippen molar-refractivity contribution in [2.24, 2.45) is 5.73 Å². The van der Waals surface area contributed by atoms with Crippen molar-refractivity contribution >= 4 is 23.5 Å². The van der Waals surface area contributed by atoms with Gasteiger partial charge in [0.25, 0.3) is 5.91 Å². The second kappa shape index (κ2) is 9.73. The fourth-order valence-electron chi connectivity index (χ4n) is 4.63. The number of rotatable bonds is 6. The average molecular weight is 526 g/mol. The molecule has 1 saturated carbocycles.